The fourth-order valence-electron chi connectivity index (χ4n) is 2.17. The van der Waals surface area contributed by atoms with Gasteiger partial charge < -0.3 is 4.98 Å². The van der Waals surface area contributed by atoms with Crippen LogP contribution in [0.5, 0.6) is 0 Å². The monoisotopic (exact) mass is 297 g/mol. The Labute approximate surface area is 126 Å². The number of thiophene rings is 1. The van der Waals surface area contributed by atoms with Gasteiger partial charge in [0.1, 0.15) is 0 Å². The minimum Gasteiger partial charge on any atom is -0.361 e. The van der Waals surface area contributed by atoms with E-state index in [1.165, 1.54) is 5.39 Å². The third kappa shape index (κ3) is 3.38. The van der Waals surface area contributed by atoms with Crippen molar-refractivity contribution in [1.29, 1.82) is 0 Å². The van der Waals surface area contributed by atoms with E-state index in [-0.39, 0.29) is 5.91 Å². The predicted octanol–water partition coefficient (Wildman–Crippen LogP) is 3.31. The smallest absolute Gasteiger partial charge is 0.240 e. The van der Waals surface area contributed by atoms with Gasteiger partial charge in [0.15, 0.2) is 0 Å². The molecule has 0 saturated heterocycles. The highest BCUT2D eigenvalue weighted by Crippen LogP contribution is 2.18. The molecule has 3 rings (SSSR count). The van der Waals surface area contributed by atoms with Crippen molar-refractivity contribution in [3.8, 4) is 0 Å². The van der Waals surface area contributed by atoms with E-state index >= 15 is 0 Å². The number of carbonyl (C=O) groups is 1. The Morgan fingerprint density at radius 2 is 2.24 bits per heavy atom. The molecule has 0 spiro atoms. The van der Waals surface area contributed by atoms with E-state index in [0.29, 0.717) is 12.8 Å². The molecule has 5 heteroatoms. The number of fused-ring (bicyclic) bond motifs is 1. The van der Waals surface area contributed by atoms with Gasteiger partial charge in [0.2, 0.25) is 5.91 Å². The van der Waals surface area contributed by atoms with E-state index in [9.17, 15) is 4.79 Å². The Morgan fingerprint density at radius 1 is 1.33 bits per heavy atom. The number of carbonyl (C=O) groups excluding carboxylic acids is 1. The van der Waals surface area contributed by atoms with Crippen LogP contribution in [0.25, 0.3) is 10.9 Å². The third-order valence-electron chi connectivity index (χ3n) is 3.24. The molecule has 106 valence electrons. The second kappa shape index (κ2) is 6.37. The number of nitrogens with one attached hydrogen (secondary N) is 2. The molecule has 2 N–H and O–H groups in total. The summed E-state index contributed by atoms with van der Waals surface area (Å²) < 4.78 is 0. The van der Waals surface area contributed by atoms with Gasteiger partial charge in [-0.05, 0) is 34.9 Å². The van der Waals surface area contributed by atoms with Gasteiger partial charge in [-0.25, -0.2) is 5.43 Å². The Balaban J connectivity index is 1.54. The van der Waals surface area contributed by atoms with Crippen LogP contribution in [-0.4, -0.2) is 17.1 Å². The van der Waals surface area contributed by atoms with E-state index < -0.39 is 0 Å². The van der Waals surface area contributed by atoms with Crippen LogP contribution in [0, 0.1) is 0 Å². The van der Waals surface area contributed by atoms with Gasteiger partial charge in [-0.2, -0.15) is 16.4 Å². The molecule has 0 fully saturated rings. The lowest BCUT2D eigenvalue weighted by Crippen LogP contribution is -2.17. The third-order valence-corrected chi connectivity index (χ3v) is 3.94. The van der Waals surface area contributed by atoms with Crippen molar-refractivity contribution in [2.45, 2.75) is 12.8 Å². The number of rotatable bonds is 5. The molecular weight excluding hydrogens is 282 g/mol. The van der Waals surface area contributed by atoms with Gasteiger partial charge in [-0.3, -0.25) is 4.79 Å². The van der Waals surface area contributed by atoms with Crippen molar-refractivity contribution in [3.63, 3.8) is 0 Å². The van der Waals surface area contributed by atoms with Crippen LogP contribution >= 0.6 is 11.3 Å². The van der Waals surface area contributed by atoms with Crippen molar-refractivity contribution >= 4 is 34.4 Å². The first-order valence-corrected chi connectivity index (χ1v) is 7.66. The number of hydrogen-bond acceptors (Lipinski definition) is 3. The maximum atomic E-state index is 11.8. The molecule has 2 aromatic heterocycles. The number of benzene rings is 1. The predicted molar refractivity (Wildman–Crippen MR) is 86.7 cm³/mol. The second-order valence-corrected chi connectivity index (χ2v) is 5.49. The van der Waals surface area contributed by atoms with Crippen LogP contribution in [-0.2, 0) is 11.2 Å². The molecule has 2 heterocycles. The summed E-state index contributed by atoms with van der Waals surface area (Å²) in [6.45, 7) is 0. The van der Waals surface area contributed by atoms with Gasteiger partial charge >= 0.3 is 0 Å². The number of aromatic nitrogens is 1. The molecule has 0 saturated carbocycles. The van der Waals surface area contributed by atoms with Crippen LogP contribution in [0.15, 0.2) is 52.4 Å². The summed E-state index contributed by atoms with van der Waals surface area (Å²) in [5, 5.41) is 9.07. The fourth-order valence-corrected chi connectivity index (χ4v) is 2.78. The second-order valence-electron chi connectivity index (χ2n) is 4.71. The average Bonchev–Trinajstić information content (AvgIpc) is 3.14. The van der Waals surface area contributed by atoms with Crippen molar-refractivity contribution in [2.75, 3.05) is 0 Å². The summed E-state index contributed by atoms with van der Waals surface area (Å²) >= 11 is 1.60. The minimum absolute atomic E-state index is 0.0771. The van der Waals surface area contributed by atoms with Gasteiger partial charge in [-0.15, -0.1) is 0 Å². The minimum atomic E-state index is -0.0771. The molecule has 0 unspecified atom stereocenters. The zero-order valence-corrected chi connectivity index (χ0v) is 12.2. The summed E-state index contributed by atoms with van der Waals surface area (Å²) in [7, 11) is 0. The molecule has 1 aromatic carbocycles. The molecule has 1 amide bonds. The SMILES string of the molecule is O=C(CCc1c[nH]c2ccccc12)NN=Cc1ccsc1. The number of hydrazone groups is 1. The summed E-state index contributed by atoms with van der Waals surface area (Å²) in [4.78, 5) is 15.0. The highest BCUT2D eigenvalue weighted by molar-refractivity contribution is 7.08. The lowest BCUT2D eigenvalue weighted by atomic mass is 10.1. The van der Waals surface area contributed by atoms with E-state index in [2.05, 4.69) is 21.6 Å². The zero-order chi connectivity index (χ0) is 14.5. The number of nitrogens with zero attached hydrogens (tertiary/aromatic N) is 1. The van der Waals surface area contributed by atoms with Crippen LogP contribution in [0.1, 0.15) is 17.5 Å². The highest BCUT2D eigenvalue weighted by Gasteiger charge is 2.05. The topological polar surface area (TPSA) is 57.2 Å². The Bertz CT molecular complexity index is 759. The van der Waals surface area contributed by atoms with Crippen molar-refractivity contribution < 1.29 is 4.79 Å². The normalized spacial score (nSPS) is 11.2. The van der Waals surface area contributed by atoms with Gasteiger partial charge in [0.05, 0.1) is 6.21 Å². The largest absolute Gasteiger partial charge is 0.361 e. The maximum Gasteiger partial charge on any atom is 0.240 e. The highest BCUT2D eigenvalue weighted by atomic mass is 32.1. The molecule has 0 aliphatic rings. The quantitative estimate of drug-likeness (QED) is 0.551. The molecule has 4 nitrogen and oxygen atoms in total. The number of para-hydroxylation sites is 1. The summed E-state index contributed by atoms with van der Waals surface area (Å²) in [5.74, 6) is -0.0771. The van der Waals surface area contributed by atoms with Crippen molar-refractivity contribution in [1.82, 2.24) is 10.4 Å². The maximum absolute atomic E-state index is 11.8. The van der Waals surface area contributed by atoms with E-state index in [0.717, 1.165) is 16.6 Å². The van der Waals surface area contributed by atoms with E-state index in [1.807, 2.05) is 41.2 Å². The number of hydrogen-bond donors (Lipinski definition) is 2. The van der Waals surface area contributed by atoms with Crippen molar-refractivity contribution in [2.24, 2.45) is 5.10 Å². The van der Waals surface area contributed by atoms with Crippen LogP contribution in [0.3, 0.4) is 0 Å². The number of H-pyrrole nitrogens is 1. The molecular formula is C16H15N3OS. The molecule has 0 aliphatic heterocycles. The summed E-state index contributed by atoms with van der Waals surface area (Å²) in [6, 6.07) is 10.0. The first-order valence-electron chi connectivity index (χ1n) is 6.72. The van der Waals surface area contributed by atoms with E-state index in [1.54, 1.807) is 17.6 Å². The Hall–Kier alpha value is -2.40. The van der Waals surface area contributed by atoms with Crippen molar-refractivity contribution in [3.05, 3.63) is 58.4 Å². The van der Waals surface area contributed by atoms with Gasteiger partial charge in [0, 0.05) is 29.1 Å². The molecule has 3 aromatic rings. The fraction of sp³-hybridized carbons (Fsp3) is 0.125. The molecule has 0 atom stereocenters. The van der Waals surface area contributed by atoms with Gasteiger partial charge in [0.25, 0.3) is 0 Å². The van der Waals surface area contributed by atoms with Crippen LogP contribution < -0.4 is 5.43 Å². The van der Waals surface area contributed by atoms with Crippen LogP contribution in [0.4, 0.5) is 0 Å². The average molecular weight is 297 g/mol. The zero-order valence-electron chi connectivity index (χ0n) is 11.4. The lowest BCUT2D eigenvalue weighted by Gasteiger charge is -1.99. The molecule has 21 heavy (non-hydrogen) atoms. The number of amides is 1. The van der Waals surface area contributed by atoms with Crippen LogP contribution in [0.2, 0.25) is 0 Å². The number of aromatic amines is 1. The Morgan fingerprint density at radius 3 is 3.10 bits per heavy atom. The molecule has 0 radical (unpaired) electrons. The Kier molecular flexibility index (Phi) is 4.12. The first kappa shape index (κ1) is 13.6. The standard InChI is InChI=1S/C16H15N3OS/c20-16(19-18-9-12-7-8-21-11-12)6-5-13-10-17-15-4-2-1-3-14(13)15/h1-4,7-11,17H,5-6H2,(H,19,20). The van der Waals surface area contributed by atoms with Gasteiger partial charge in [-0.1, -0.05) is 18.2 Å². The molecule has 0 bridgehead atoms. The summed E-state index contributed by atoms with van der Waals surface area (Å²) in [6.07, 6.45) is 4.74. The first-order chi connectivity index (χ1) is 10.3. The lowest BCUT2D eigenvalue weighted by molar-refractivity contribution is -0.121. The summed E-state index contributed by atoms with van der Waals surface area (Å²) in [5.41, 5.74) is 5.81. The molecule has 0 aliphatic carbocycles. The number of aryl methyl sites for hydroxylation is 1. The van der Waals surface area contributed by atoms with E-state index in [4.69, 9.17) is 0 Å².